The van der Waals surface area contributed by atoms with E-state index in [0.29, 0.717) is 13.1 Å². The third-order valence-electron chi connectivity index (χ3n) is 2.26. The minimum atomic E-state index is -0.798. The average molecular weight is 197 g/mol. The third kappa shape index (κ3) is 2.85. The Morgan fingerprint density at radius 1 is 1.71 bits per heavy atom. The van der Waals surface area contributed by atoms with Crippen LogP contribution in [0.1, 0.15) is 6.92 Å². The first-order valence-electron chi connectivity index (χ1n) is 4.51. The van der Waals surface area contributed by atoms with Gasteiger partial charge in [-0.3, -0.25) is 14.4 Å². The summed E-state index contributed by atoms with van der Waals surface area (Å²) in [5, 5.41) is 12.8. The predicted octanol–water partition coefficient (Wildman–Crippen LogP) is 0.288. The number of carbonyl (C=O) groups is 1. The Labute approximate surface area is 82.9 Å². The normalized spacial score (nSPS) is 13.1. The maximum absolute atomic E-state index is 10.6. The Morgan fingerprint density at radius 3 is 2.93 bits per heavy atom. The van der Waals surface area contributed by atoms with Crippen molar-refractivity contribution in [2.24, 2.45) is 0 Å². The second-order valence-electron chi connectivity index (χ2n) is 3.26. The number of carboxylic acid groups (broad SMARTS) is 1. The van der Waals surface area contributed by atoms with Gasteiger partial charge in [-0.1, -0.05) is 0 Å². The number of hydrogen-bond donors (Lipinski definition) is 1. The minimum Gasteiger partial charge on any atom is -0.480 e. The molecule has 1 aromatic heterocycles. The SMILES string of the molecule is CC(C(=O)O)N(C)CCn1cccn1. The van der Waals surface area contributed by atoms with Gasteiger partial charge in [0.25, 0.3) is 0 Å². The van der Waals surface area contributed by atoms with E-state index >= 15 is 0 Å². The molecular weight excluding hydrogens is 182 g/mol. The van der Waals surface area contributed by atoms with E-state index in [9.17, 15) is 4.79 Å². The summed E-state index contributed by atoms with van der Waals surface area (Å²) in [6.45, 7) is 3.06. The van der Waals surface area contributed by atoms with Gasteiger partial charge >= 0.3 is 5.97 Å². The fourth-order valence-electron chi connectivity index (χ4n) is 1.08. The Balaban J connectivity index is 2.34. The van der Waals surface area contributed by atoms with Gasteiger partial charge in [0.15, 0.2) is 0 Å². The van der Waals surface area contributed by atoms with E-state index in [-0.39, 0.29) is 0 Å². The van der Waals surface area contributed by atoms with Crippen LogP contribution in [0.25, 0.3) is 0 Å². The molecule has 0 aromatic carbocycles. The highest BCUT2D eigenvalue weighted by Crippen LogP contribution is 1.96. The molecule has 1 rings (SSSR count). The van der Waals surface area contributed by atoms with E-state index in [1.54, 1.807) is 29.7 Å². The summed E-state index contributed by atoms with van der Waals surface area (Å²) in [5.74, 6) is -0.798. The zero-order valence-electron chi connectivity index (χ0n) is 8.42. The lowest BCUT2D eigenvalue weighted by atomic mass is 10.3. The zero-order chi connectivity index (χ0) is 10.6. The lowest BCUT2D eigenvalue weighted by Crippen LogP contribution is -2.37. The highest BCUT2D eigenvalue weighted by molar-refractivity contribution is 5.72. The second kappa shape index (κ2) is 4.76. The number of carboxylic acids is 1. The van der Waals surface area contributed by atoms with Gasteiger partial charge in [0, 0.05) is 18.9 Å². The lowest BCUT2D eigenvalue weighted by molar-refractivity contribution is -0.142. The van der Waals surface area contributed by atoms with Crippen molar-refractivity contribution in [2.45, 2.75) is 19.5 Å². The smallest absolute Gasteiger partial charge is 0.320 e. The summed E-state index contributed by atoms with van der Waals surface area (Å²) in [5.41, 5.74) is 0. The molecule has 1 aromatic rings. The molecule has 1 heterocycles. The van der Waals surface area contributed by atoms with Crippen molar-refractivity contribution in [1.82, 2.24) is 14.7 Å². The summed E-state index contributed by atoms with van der Waals surface area (Å²) < 4.78 is 1.78. The van der Waals surface area contributed by atoms with E-state index < -0.39 is 12.0 Å². The van der Waals surface area contributed by atoms with Gasteiger partial charge in [0.2, 0.25) is 0 Å². The molecule has 78 valence electrons. The Morgan fingerprint density at radius 2 is 2.43 bits per heavy atom. The number of nitrogens with zero attached hydrogens (tertiary/aromatic N) is 3. The van der Waals surface area contributed by atoms with Crippen LogP contribution in [0.15, 0.2) is 18.5 Å². The standard InChI is InChI=1S/C9H15N3O2/c1-8(9(13)14)11(2)6-7-12-5-3-4-10-12/h3-5,8H,6-7H2,1-2H3,(H,13,14). The maximum Gasteiger partial charge on any atom is 0.320 e. The van der Waals surface area contributed by atoms with Crippen molar-refractivity contribution < 1.29 is 9.90 Å². The minimum absolute atomic E-state index is 0.453. The molecule has 0 aliphatic rings. The molecule has 0 saturated carbocycles. The predicted molar refractivity (Wildman–Crippen MR) is 52.0 cm³/mol. The molecular formula is C9H15N3O2. The Kier molecular flexibility index (Phi) is 3.64. The van der Waals surface area contributed by atoms with Crippen LogP contribution < -0.4 is 0 Å². The number of aromatic nitrogens is 2. The van der Waals surface area contributed by atoms with Crippen LogP contribution in [-0.4, -0.2) is 45.4 Å². The summed E-state index contributed by atoms with van der Waals surface area (Å²) in [6, 6.07) is 1.39. The molecule has 1 atom stereocenters. The highest BCUT2D eigenvalue weighted by atomic mass is 16.4. The monoisotopic (exact) mass is 197 g/mol. The van der Waals surface area contributed by atoms with Gasteiger partial charge in [0.1, 0.15) is 6.04 Å². The van der Waals surface area contributed by atoms with E-state index in [4.69, 9.17) is 5.11 Å². The van der Waals surface area contributed by atoms with Gasteiger partial charge in [-0.05, 0) is 20.0 Å². The van der Waals surface area contributed by atoms with E-state index in [2.05, 4.69) is 5.10 Å². The molecule has 0 amide bonds. The Bertz CT molecular complexity index is 284. The van der Waals surface area contributed by atoms with Crippen molar-refractivity contribution >= 4 is 5.97 Å². The largest absolute Gasteiger partial charge is 0.480 e. The summed E-state index contributed by atoms with van der Waals surface area (Å²) in [6.07, 6.45) is 3.57. The summed E-state index contributed by atoms with van der Waals surface area (Å²) >= 11 is 0. The van der Waals surface area contributed by atoms with Crippen LogP contribution in [0, 0.1) is 0 Å². The third-order valence-corrected chi connectivity index (χ3v) is 2.26. The molecule has 0 spiro atoms. The highest BCUT2D eigenvalue weighted by Gasteiger charge is 2.15. The second-order valence-corrected chi connectivity index (χ2v) is 3.26. The average Bonchev–Trinajstić information content (AvgIpc) is 2.65. The quantitative estimate of drug-likeness (QED) is 0.737. The molecule has 0 saturated heterocycles. The molecule has 5 nitrogen and oxygen atoms in total. The van der Waals surface area contributed by atoms with Gasteiger partial charge in [-0.15, -0.1) is 0 Å². The first kappa shape index (κ1) is 10.7. The topological polar surface area (TPSA) is 58.4 Å². The van der Waals surface area contributed by atoms with Crippen LogP contribution in [0.2, 0.25) is 0 Å². The van der Waals surface area contributed by atoms with Crippen molar-refractivity contribution in [1.29, 1.82) is 0 Å². The molecule has 0 fully saturated rings. The van der Waals surface area contributed by atoms with Gasteiger partial charge in [-0.25, -0.2) is 0 Å². The maximum atomic E-state index is 10.6. The molecule has 0 aliphatic heterocycles. The first-order chi connectivity index (χ1) is 6.61. The lowest BCUT2D eigenvalue weighted by Gasteiger charge is -2.20. The number of likely N-dealkylation sites (N-methyl/N-ethyl adjacent to an activating group) is 1. The van der Waals surface area contributed by atoms with E-state index in [1.807, 2.05) is 12.3 Å². The van der Waals surface area contributed by atoms with E-state index in [1.165, 1.54) is 0 Å². The number of rotatable bonds is 5. The Hall–Kier alpha value is -1.36. The van der Waals surface area contributed by atoms with Crippen molar-refractivity contribution in [3.05, 3.63) is 18.5 Å². The molecule has 0 bridgehead atoms. The molecule has 14 heavy (non-hydrogen) atoms. The fraction of sp³-hybridized carbons (Fsp3) is 0.556. The zero-order valence-corrected chi connectivity index (χ0v) is 8.42. The number of aliphatic carboxylic acids is 1. The fourth-order valence-corrected chi connectivity index (χ4v) is 1.08. The molecule has 0 radical (unpaired) electrons. The van der Waals surface area contributed by atoms with Crippen LogP contribution in [0.3, 0.4) is 0 Å². The van der Waals surface area contributed by atoms with Crippen LogP contribution in [0.5, 0.6) is 0 Å². The van der Waals surface area contributed by atoms with Crippen molar-refractivity contribution in [3.8, 4) is 0 Å². The summed E-state index contributed by atoms with van der Waals surface area (Å²) in [4.78, 5) is 12.4. The van der Waals surface area contributed by atoms with Gasteiger partial charge in [-0.2, -0.15) is 5.10 Å². The first-order valence-corrected chi connectivity index (χ1v) is 4.51. The van der Waals surface area contributed by atoms with Crippen LogP contribution in [-0.2, 0) is 11.3 Å². The molecule has 5 heteroatoms. The van der Waals surface area contributed by atoms with E-state index in [0.717, 1.165) is 0 Å². The van der Waals surface area contributed by atoms with Crippen molar-refractivity contribution in [2.75, 3.05) is 13.6 Å². The van der Waals surface area contributed by atoms with Crippen molar-refractivity contribution in [3.63, 3.8) is 0 Å². The van der Waals surface area contributed by atoms with Gasteiger partial charge in [0.05, 0.1) is 6.54 Å². The number of hydrogen-bond acceptors (Lipinski definition) is 3. The molecule has 1 unspecified atom stereocenters. The summed E-state index contributed by atoms with van der Waals surface area (Å²) in [7, 11) is 1.79. The van der Waals surface area contributed by atoms with Crippen LogP contribution in [0.4, 0.5) is 0 Å². The van der Waals surface area contributed by atoms with Crippen LogP contribution >= 0.6 is 0 Å². The van der Waals surface area contributed by atoms with Gasteiger partial charge < -0.3 is 5.11 Å². The molecule has 1 N–H and O–H groups in total. The molecule has 0 aliphatic carbocycles.